The van der Waals surface area contributed by atoms with Crippen molar-refractivity contribution >= 4 is 27.5 Å². The van der Waals surface area contributed by atoms with Gasteiger partial charge in [-0.3, -0.25) is 14.4 Å². The maximum atomic E-state index is 13.6. The minimum atomic E-state index is -0.239. The van der Waals surface area contributed by atoms with E-state index in [1.807, 2.05) is 84.7 Å². The van der Waals surface area contributed by atoms with E-state index in [1.54, 1.807) is 4.68 Å². The van der Waals surface area contributed by atoms with E-state index in [1.165, 1.54) is 0 Å². The lowest BCUT2D eigenvalue weighted by Crippen LogP contribution is -2.30. The molecule has 0 radical (unpaired) electrons. The normalized spacial score (nSPS) is 15.6. The lowest BCUT2D eigenvalue weighted by molar-refractivity contribution is 0.0985. The van der Waals surface area contributed by atoms with Gasteiger partial charge >= 0.3 is 0 Å². The molecule has 1 aromatic heterocycles. The predicted molar refractivity (Wildman–Crippen MR) is 118 cm³/mol. The SMILES string of the molecule is Cn1nc(-c2ccccc2)c2c1C(=O)N(c1ccccc1)C2c1ccc(Br)cc1. The molecule has 2 heterocycles. The highest BCUT2D eigenvalue weighted by molar-refractivity contribution is 9.10. The van der Waals surface area contributed by atoms with Crippen molar-refractivity contribution in [2.24, 2.45) is 7.05 Å². The monoisotopic (exact) mass is 443 g/mol. The molecule has 1 unspecified atom stereocenters. The van der Waals surface area contributed by atoms with Gasteiger partial charge in [-0.15, -0.1) is 0 Å². The summed E-state index contributed by atoms with van der Waals surface area (Å²) < 4.78 is 2.72. The second kappa shape index (κ2) is 7.01. The maximum Gasteiger partial charge on any atom is 0.277 e. The molecule has 29 heavy (non-hydrogen) atoms. The zero-order valence-electron chi connectivity index (χ0n) is 15.8. The molecule has 1 atom stereocenters. The summed E-state index contributed by atoms with van der Waals surface area (Å²) in [6.45, 7) is 0. The van der Waals surface area contributed by atoms with Crippen molar-refractivity contribution in [1.29, 1.82) is 0 Å². The Balaban J connectivity index is 1.77. The third-order valence-corrected chi connectivity index (χ3v) is 5.83. The first-order chi connectivity index (χ1) is 14.1. The minimum absolute atomic E-state index is 0.0312. The number of hydrogen-bond donors (Lipinski definition) is 0. The Morgan fingerprint density at radius 1 is 0.862 bits per heavy atom. The highest BCUT2D eigenvalue weighted by atomic mass is 79.9. The minimum Gasteiger partial charge on any atom is -0.295 e. The summed E-state index contributed by atoms with van der Waals surface area (Å²) in [4.78, 5) is 15.4. The maximum absolute atomic E-state index is 13.6. The average molecular weight is 444 g/mol. The molecule has 142 valence electrons. The Morgan fingerprint density at radius 2 is 1.48 bits per heavy atom. The van der Waals surface area contributed by atoms with Gasteiger partial charge in [0.1, 0.15) is 5.69 Å². The first kappa shape index (κ1) is 17.9. The van der Waals surface area contributed by atoms with Crippen LogP contribution in [0.2, 0.25) is 0 Å². The molecule has 0 fully saturated rings. The van der Waals surface area contributed by atoms with Crippen molar-refractivity contribution in [3.63, 3.8) is 0 Å². The van der Waals surface area contributed by atoms with Crippen LogP contribution in [0.3, 0.4) is 0 Å². The van der Waals surface area contributed by atoms with Crippen molar-refractivity contribution in [3.8, 4) is 11.3 Å². The van der Waals surface area contributed by atoms with Gasteiger partial charge in [-0.2, -0.15) is 5.10 Å². The van der Waals surface area contributed by atoms with Crippen molar-refractivity contribution < 1.29 is 4.79 Å². The molecule has 0 N–H and O–H groups in total. The summed E-state index contributed by atoms with van der Waals surface area (Å²) in [5.74, 6) is -0.0312. The number of amides is 1. The van der Waals surface area contributed by atoms with Crippen LogP contribution in [-0.2, 0) is 7.05 Å². The first-order valence-electron chi connectivity index (χ1n) is 9.41. The standard InChI is InChI=1S/C24H18BrN3O/c1-27-23-20(21(26-27)16-8-4-2-5-9-16)22(17-12-14-18(25)15-13-17)28(24(23)29)19-10-6-3-7-11-19/h2-15,22H,1H3. The van der Waals surface area contributed by atoms with Crippen LogP contribution in [0.5, 0.6) is 0 Å². The third-order valence-electron chi connectivity index (χ3n) is 5.30. The van der Waals surface area contributed by atoms with E-state index in [2.05, 4.69) is 28.1 Å². The number of aromatic nitrogens is 2. The second-order valence-corrected chi connectivity index (χ2v) is 7.98. The second-order valence-electron chi connectivity index (χ2n) is 7.07. The quantitative estimate of drug-likeness (QED) is 0.413. The van der Waals surface area contributed by atoms with E-state index in [0.29, 0.717) is 5.69 Å². The van der Waals surface area contributed by atoms with Crippen molar-refractivity contribution in [2.45, 2.75) is 6.04 Å². The molecule has 0 bridgehead atoms. The molecule has 1 aliphatic heterocycles. The fraction of sp³-hybridized carbons (Fsp3) is 0.0833. The van der Waals surface area contributed by atoms with Gasteiger partial charge in [0.2, 0.25) is 0 Å². The molecule has 5 heteroatoms. The number of para-hydroxylation sites is 1. The zero-order valence-corrected chi connectivity index (χ0v) is 17.4. The molecular weight excluding hydrogens is 426 g/mol. The van der Waals surface area contributed by atoms with Gasteiger partial charge < -0.3 is 0 Å². The fourth-order valence-electron chi connectivity index (χ4n) is 4.04. The lowest BCUT2D eigenvalue weighted by atomic mass is 9.96. The summed E-state index contributed by atoms with van der Waals surface area (Å²) in [6, 6.07) is 27.8. The Morgan fingerprint density at radius 3 is 2.14 bits per heavy atom. The number of rotatable bonds is 3. The summed E-state index contributed by atoms with van der Waals surface area (Å²) >= 11 is 3.52. The molecule has 0 spiro atoms. The van der Waals surface area contributed by atoms with Crippen LogP contribution in [0.25, 0.3) is 11.3 Å². The zero-order chi connectivity index (χ0) is 20.0. The van der Waals surface area contributed by atoms with E-state index >= 15 is 0 Å². The van der Waals surface area contributed by atoms with Crippen LogP contribution in [-0.4, -0.2) is 15.7 Å². The molecule has 0 aliphatic carbocycles. The number of aryl methyl sites for hydroxylation is 1. The van der Waals surface area contributed by atoms with Gasteiger partial charge in [0.05, 0.1) is 11.7 Å². The fourth-order valence-corrected chi connectivity index (χ4v) is 4.30. The number of carbonyl (C=O) groups excluding carboxylic acids is 1. The van der Waals surface area contributed by atoms with E-state index in [9.17, 15) is 4.79 Å². The average Bonchev–Trinajstić information content (AvgIpc) is 3.25. The molecule has 0 saturated heterocycles. The van der Waals surface area contributed by atoms with Crippen LogP contribution in [0.4, 0.5) is 5.69 Å². The van der Waals surface area contributed by atoms with Crippen LogP contribution in [0.1, 0.15) is 27.7 Å². The molecule has 1 amide bonds. The number of anilines is 1. The van der Waals surface area contributed by atoms with Crippen molar-refractivity contribution in [1.82, 2.24) is 9.78 Å². The van der Waals surface area contributed by atoms with Crippen molar-refractivity contribution in [3.05, 3.63) is 106 Å². The molecule has 5 rings (SSSR count). The number of hydrogen-bond acceptors (Lipinski definition) is 2. The highest BCUT2D eigenvalue weighted by Gasteiger charge is 2.44. The third kappa shape index (κ3) is 2.89. The topological polar surface area (TPSA) is 38.1 Å². The van der Waals surface area contributed by atoms with E-state index in [4.69, 9.17) is 5.10 Å². The van der Waals surface area contributed by atoms with Gasteiger partial charge in [-0.05, 0) is 29.8 Å². The van der Waals surface area contributed by atoms with Crippen LogP contribution in [0.15, 0.2) is 89.4 Å². The number of carbonyl (C=O) groups is 1. The summed E-state index contributed by atoms with van der Waals surface area (Å²) in [5, 5.41) is 4.73. The Kier molecular flexibility index (Phi) is 4.32. The Labute approximate surface area is 177 Å². The summed E-state index contributed by atoms with van der Waals surface area (Å²) in [7, 11) is 1.84. The number of nitrogens with zero attached hydrogens (tertiary/aromatic N) is 3. The number of benzene rings is 3. The van der Waals surface area contributed by atoms with Gasteiger partial charge in [0.25, 0.3) is 5.91 Å². The smallest absolute Gasteiger partial charge is 0.277 e. The largest absolute Gasteiger partial charge is 0.295 e. The Bertz CT molecular complexity index is 1180. The molecule has 3 aromatic carbocycles. The summed E-state index contributed by atoms with van der Waals surface area (Å²) in [6.07, 6.45) is 0. The van der Waals surface area contributed by atoms with Crippen molar-refractivity contribution in [2.75, 3.05) is 4.90 Å². The highest BCUT2D eigenvalue weighted by Crippen LogP contribution is 2.45. The van der Waals surface area contributed by atoms with Gasteiger partial charge in [-0.1, -0.05) is 76.6 Å². The van der Waals surface area contributed by atoms with Crippen LogP contribution >= 0.6 is 15.9 Å². The summed E-state index contributed by atoms with van der Waals surface area (Å²) in [5.41, 5.74) is 5.38. The van der Waals surface area contributed by atoms with Crippen LogP contribution < -0.4 is 4.90 Å². The van der Waals surface area contributed by atoms with Gasteiger partial charge in [-0.25, -0.2) is 0 Å². The molecule has 0 saturated carbocycles. The van der Waals surface area contributed by atoms with Gasteiger partial charge in [0.15, 0.2) is 0 Å². The van der Waals surface area contributed by atoms with E-state index in [0.717, 1.165) is 32.5 Å². The lowest BCUT2D eigenvalue weighted by Gasteiger charge is -2.26. The van der Waals surface area contributed by atoms with Gasteiger partial charge in [0, 0.05) is 28.3 Å². The predicted octanol–water partition coefficient (Wildman–Crippen LogP) is 5.60. The van der Waals surface area contributed by atoms with E-state index in [-0.39, 0.29) is 11.9 Å². The number of fused-ring (bicyclic) bond motifs is 1. The first-order valence-corrected chi connectivity index (χ1v) is 10.2. The van der Waals surface area contributed by atoms with Crippen LogP contribution in [0, 0.1) is 0 Å². The molecule has 1 aliphatic rings. The molecule has 4 nitrogen and oxygen atoms in total. The van der Waals surface area contributed by atoms with E-state index < -0.39 is 0 Å². The molecular formula is C24H18BrN3O. The Hall–Kier alpha value is -3.18. The molecule has 4 aromatic rings. The number of halogens is 1.